The minimum atomic E-state index is -0.339. The van der Waals surface area contributed by atoms with Crippen LogP contribution in [0.15, 0.2) is 66.7 Å². The molecule has 3 aromatic carbocycles. The zero-order valence-electron chi connectivity index (χ0n) is 15.3. The lowest BCUT2D eigenvalue weighted by Crippen LogP contribution is -1.97. The lowest BCUT2D eigenvalue weighted by molar-refractivity contribution is 0.619. The topological polar surface area (TPSA) is 25.8 Å². The average molecular weight is 427 g/mol. The number of nitrogens with zero attached hydrogens (tertiary/aromatic N) is 2. The molecule has 0 bridgehead atoms. The summed E-state index contributed by atoms with van der Waals surface area (Å²) in [5, 5.41) is 0.832. The van der Waals surface area contributed by atoms with E-state index in [1.165, 1.54) is 18.2 Å². The van der Waals surface area contributed by atoms with Gasteiger partial charge in [-0.15, -0.1) is 0 Å². The van der Waals surface area contributed by atoms with Gasteiger partial charge in [-0.2, -0.15) is 0 Å². The molecule has 0 fully saturated rings. The van der Waals surface area contributed by atoms with E-state index < -0.39 is 0 Å². The molecule has 0 spiro atoms. The molecule has 0 amide bonds. The molecule has 0 aliphatic heterocycles. The molecule has 0 aliphatic carbocycles. The Labute approximate surface area is 176 Å². The van der Waals surface area contributed by atoms with E-state index in [1.807, 2.05) is 0 Å². The monoisotopic (exact) mass is 426 g/mol. The van der Waals surface area contributed by atoms with Gasteiger partial charge in [-0.25, -0.2) is 18.7 Å². The summed E-state index contributed by atoms with van der Waals surface area (Å²) in [6.45, 7) is 1.69. The van der Waals surface area contributed by atoms with Crippen molar-refractivity contribution in [3.8, 4) is 33.9 Å². The molecular formula is C23H14Cl2F2N2. The summed E-state index contributed by atoms with van der Waals surface area (Å²) in [6.07, 6.45) is 0. The molecule has 6 heteroatoms. The van der Waals surface area contributed by atoms with Crippen LogP contribution < -0.4 is 0 Å². The van der Waals surface area contributed by atoms with Crippen LogP contribution in [0.5, 0.6) is 0 Å². The molecule has 29 heavy (non-hydrogen) atoms. The molecule has 0 saturated heterocycles. The number of benzene rings is 3. The third kappa shape index (κ3) is 4.14. The van der Waals surface area contributed by atoms with Gasteiger partial charge in [0.1, 0.15) is 11.6 Å². The average Bonchev–Trinajstić information content (AvgIpc) is 2.72. The molecule has 1 heterocycles. The number of hydrogen-bond donors (Lipinski definition) is 0. The van der Waals surface area contributed by atoms with Crippen LogP contribution in [-0.4, -0.2) is 9.97 Å². The Balaban J connectivity index is 1.92. The second kappa shape index (κ2) is 7.90. The summed E-state index contributed by atoms with van der Waals surface area (Å²) in [7, 11) is 0. The van der Waals surface area contributed by atoms with Crippen molar-refractivity contribution in [2.24, 2.45) is 0 Å². The molecule has 0 radical (unpaired) electrons. The minimum Gasteiger partial charge on any atom is -0.228 e. The summed E-state index contributed by atoms with van der Waals surface area (Å²) in [5.74, 6) is -0.325. The zero-order chi connectivity index (χ0) is 20.5. The molecule has 1 aromatic heterocycles. The number of aryl methyl sites for hydroxylation is 1. The Bertz CT molecular complexity index is 1140. The molecule has 0 N–H and O–H groups in total. The van der Waals surface area contributed by atoms with Crippen molar-refractivity contribution in [2.75, 3.05) is 0 Å². The number of rotatable bonds is 3. The quantitative estimate of drug-likeness (QED) is 0.341. The second-order valence-electron chi connectivity index (χ2n) is 6.56. The predicted octanol–water partition coefficient (Wildman–Crippen LogP) is 7.37. The highest BCUT2D eigenvalue weighted by Crippen LogP contribution is 2.31. The predicted molar refractivity (Wildman–Crippen MR) is 113 cm³/mol. The first kappa shape index (κ1) is 19.5. The maximum atomic E-state index is 14.1. The van der Waals surface area contributed by atoms with Gasteiger partial charge < -0.3 is 0 Å². The molecule has 4 aromatic rings. The Morgan fingerprint density at radius 2 is 1.28 bits per heavy atom. The van der Waals surface area contributed by atoms with E-state index in [0.29, 0.717) is 43.9 Å². The zero-order valence-corrected chi connectivity index (χ0v) is 16.8. The fourth-order valence-corrected chi connectivity index (χ4v) is 3.18. The van der Waals surface area contributed by atoms with Crippen LogP contribution >= 0.6 is 23.2 Å². The first-order valence-corrected chi connectivity index (χ1v) is 9.53. The Morgan fingerprint density at radius 3 is 1.93 bits per heavy atom. The van der Waals surface area contributed by atoms with Crippen LogP contribution in [0, 0.1) is 18.6 Å². The minimum absolute atomic E-state index is 0.339. The van der Waals surface area contributed by atoms with Gasteiger partial charge in [-0.1, -0.05) is 41.4 Å². The highest BCUT2D eigenvalue weighted by molar-refractivity contribution is 6.42. The first-order valence-electron chi connectivity index (χ1n) is 8.78. The summed E-state index contributed by atoms with van der Waals surface area (Å²) in [4.78, 5) is 9.19. The second-order valence-corrected chi connectivity index (χ2v) is 7.38. The molecule has 4 rings (SSSR count). The van der Waals surface area contributed by atoms with Gasteiger partial charge in [0.2, 0.25) is 0 Å². The third-order valence-corrected chi connectivity index (χ3v) is 5.25. The fraction of sp³-hybridized carbons (Fsp3) is 0.0435. The summed E-state index contributed by atoms with van der Waals surface area (Å²) in [6, 6.07) is 17.8. The normalized spacial score (nSPS) is 10.9. The maximum Gasteiger partial charge on any atom is 0.160 e. The van der Waals surface area contributed by atoms with Gasteiger partial charge in [-0.05, 0) is 61.0 Å². The third-order valence-electron chi connectivity index (χ3n) is 4.51. The Kier molecular flexibility index (Phi) is 5.31. The van der Waals surface area contributed by atoms with Crippen molar-refractivity contribution >= 4 is 23.2 Å². The van der Waals surface area contributed by atoms with Crippen molar-refractivity contribution in [2.45, 2.75) is 6.92 Å². The van der Waals surface area contributed by atoms with Crippen molar-refractivity contribution in [1.29, 1.82) is 0 Å². The van der Waals surface area contributed by atoms with E-state index >= 15 is 0 Å². The van der Waals surface area contributed by atoms with E-state index in [0.717, 1.165) is 5.56 Å². The van der Waals surface area contributed by atoms with Gasteiger partial charge >= 0.3 is 0 Å². The van der Waals surface area contributed by atoms with E-state index in [1.54, 1.807) is 55.5 Å². The lowest BCUT2D eigenvalue weighted by Gasteiger charge is -2.10. The van der Waals surface area contributed by atoms with Crippen molar-refractivity contribution < 1.29 is 8.78 Å². The Morgan fingerprint density at radius 1 is 0.655 bits per heavy atom. The van der Waals surface area contributed by atoms with Crippen LogP contribution in [0.1, 0.15) is 5.56 Å². The van der Waals surface area contributed by atoms with Crippen molar-refractivity contribution in [3.05, 3.63) is 94.0 Å². The highest BCUT2D eigenvalue weighted by atomic mass is 35.5. The number of halogens is 4. The molecule has 2 nitrogen and oxygen atoms in total. The highest BCUT2D eigenvalue weighted by Gasteiger charge is 2.13. The van der Waals surface area contributed by atoms with E-state index in [9.17, 15) is 8.78 Å². The fourth-order valence-electron chi connectivity index (χ4n) is 2.88. The maximum absolute atomic E-state index is 14.1. The van der Waals surface area contributed by atoms with Gasteiger partial charge in [0.15, 0.2) is 5.82 Å². The van der Waals surface area contributed by atoms with E-state index in [4.69, 9.17) is 23.2 Å². The van der Waals surface area contributed by atoms with Crippen molar-refractivity contribution in [3.63, 3.8) is 0 Å². The molecular weight excluding hydrogens is 413 g/mol. The molecule has 144 valence electrons. The van der Waals surface area contributed by atoms with E-state index in [-0.39, 0.29) is 11.6 Å². The molecule has 0 aliphatic rings. The molecule has 0 unspecified atom stereocenters. The smallest absolute Gasteiger partial charge is 0.160 e. The number of aromatic nitrogens is 2. The summed E-state index contributed by atoms with van der Waals surface area (Å²) >= 11 is 12.2. The van der Waals surface area contributed by atoms with Crippen LogP contribution in [0.4, 0.5) is 8.78 Å². The van der Waals surface area contributed by atoms with Crippen LogP contribution in [0.3, 0.4) is 0 Å². The lowest BCUT2D eigenvalue weighted by atomic mass is 10.1. The SMILES string of the molecule is Cc1ccc(-c2nc(-c3ccc(F)cc3)cc(-c3ccc(Cl)c(Cl)c3)n2)cc1F. The Hall–Kier alpha value is -2.82. The van der Waals surface area contributed by atoms with Crippen LogP contribution in [0.2, 0.25) is 10.0 Å². The molecule has 0 atom stereocenters. The van der Waals surface area contributed by atoms with E-state index in [2.05, 4.69) is 9.97 Å². The number of hydrogen-bond acceptors (Lipinski definition) is 2. The van der Waals surface area contributed by atoms with Gasteiger partial charge in [-0.3, -0.25) is 0 Å². The van der Waals surface area contributed by atoms with Gasteiger partial charge in [0.05, 0.1) is 21.4 Å². The van der Waals surface area contributed by atoms with Crippen LogP contribution in [0.25, 0.3) is 33.9 Å². The largest absolute Gasteiger partial charge is 0.228 e. The summed E-state index contributed by atoms with van der Waals surface area (Å²) in [5.41, 5.74) is 3.69. The van der Waals surface area contributed by atoms with Gasteiger partial charge in [0, 0.05) is 16.7 Å². The first-order chi connectivity index (χ1) is 13.9. The van der Waals surface area contributed by atoms with Gasteiger partial charge in [0.25, 0.3) is 0 Å². The van der Waals surface area contributed by atoms with Crippen molar-refractivity contribution in [1.82, 2.24) is 9.97 Å². The van der Waals surface area contributed by atoms with Crippen LogP contribution in [-0.2, 0) is 0 Å². The molecule has 0 saturated carbocycles. The summed E-state index contributed by atoms with van der Waals surface area (Å²) < 4.78 is 27.5. The standard InChI is InChI=1S/C23H14Cl2F2N2/c1-13-2-3-16(11-20(13)27)23-28-21(14-4-7-17(26)8-5-14)12-22(29-23)15-6-9-18(24)19(25)10-15/h2-12H,1H3.